The molecule has 0 aliphatic rings. The minimum absolute atomic E-state index is 0.0250. The summed E-state index contributed by atoms with van der Waals surface area (Å²) in [5, 5.41) is 2.68. The molecule has 0 heterocycles. The van der Waals surface area contributed by atoms with Crippen molar-refractivity contribution >= 4 is 27.5 Å². The maximum atomic E-state index is 13.5. The molecule has 1 aromatic rings. The van der Waals surface area contributed by atoms with Crippen LogP contribution in [0.4, 0.5) is 14.5 Å². The zero-order valence-electron chi connectivity index (χ0n) is 10.3. The molecule has 0 atom stereocenters. The van der Waals surface area contributed by atoms with Crippen LogP contribution in [-0.4, -0.2) is 30.4 Å². The van der Waals surface area contributed by atoms with Gasteiger partial charge in [-0.25, -0.2) is 8.78 Å². The SMILES string of the molecule is CCN(CC)C(=O)CNc1c(F)cc(F)cc1Br. The fraction of sp³-hybridized carbons (Fsp3) is 0.417. The van der Waals surface area contributed by atoms with Crippen LogP contribution in [0, 0.1) is 11.6 Å². The number of nitrogens with zero attached hydrogens (tertiary/aromatic N) is 1. The molecule has 100 valence electrons. The van der Waals surface area contributed by atoms with Gasteiger partial charge in [0.2, 0.25) is 5.91 Å². The van der Waals surface area contributed by atoms with Gasteiger partial charge in [0.05, 0.1) is 12.2 Å². The summed E-state index contributed by atoms with van der Waals surface area (Å²) >= 11 is 3.05. The van der Waals surface area contributed by atoms with E-state index in [0.29, 0.717) is 13.1 Å². The number of likely N-dealkylation sites (N-methyl/N-ethyl adjacent to an activating group) is 1. The van der Waals surface area contributed by atoms with E-state index in [1.165, 1.54) is 0 Å². The Labute approximate surface area is 113 Å². The monoisotopic (exact) mass is 320 g/mol. The normalized spacial score (nSPS) is 10.3. The summed E-state index contributed by atoms with van der Waals surface area (Å²) in [6, 6.07) is 1.92. The smallest absolute Gasteiger partial charge is 0.241 e. The highest BCUT2D eigenvalue weighted by atomic mass is 79.9. The number of hydrogen-bond donors (Lipinski definition) is 1. The molecule has 0 aliphatic carbocycles. The van der Waals surface area contributed by atoms with Gasteiger partial charge >= 0.3 is 0 Å². The molecule has 1 rings (SSSR count). The van der Waals surface area contributed by atoms with Crippen molar-refractivity contribution in [1.29, 1.82) is 0 Å². The second kappa shape index (κ2) is 6.68. The molecule has 0 unspecified atom stereocenters. The van der Waals surface area contributed by atoms with Crippen LogP contribution in [-0.2, 0) is 4.79 Å². The van der Waals surface area contributed by atoms with Crippen molar-refractivity contribution in [1.82, 2.24) is 4.90 Å². The Kier molecular flexibility index (Phi) is 5.53. The molecule has 0 radical (unpaired) electrons. The van der Waals surface area contributed by atoms with E-state index in [1.54, 1.807) is 4.90 Å². The van der Waals surface area contributed by atoms with Gasteiger partial charge in [-0.05, 0) is 35.8 Å². The van der Waals surface area contributed by atoms with Crippen molar-refractivity contribution in [3.8, 4) is 0 Å². The zero-order valence-corrected chi connectivity index (χ0v) is 11.9. The molecule has 0 fully saturated rings. The van der Waals surface area contributed by atoms with E-state index < -0.39 is 11.6 Å². The van der Waals surface area contributed by atoms with E-state index in [-0.39, 0.29) is 22.6 Å². The standard InChI is InChI=1S/C12H15BrF2N2O/c1-3-17(4-2)11(18)7-16-12-9(13)5-8(14)6-10(12)15/h5-6,16H,3-4,7H2,1-2H3. The highest BCUT2D eigenvalue weighted by molar-refractivity contribution is 9.10. The summed E-state index contributed by atoms with van der Waals surface area (Å²) in [7, 11) is 0. The molecule has 0 aromatic heterocycles. The summed E-state index contributed by atoms with van der Waals surface area (Å²) in [5.41, 5.74) is 0.0944. The molecular formula is C12H15BrF2N2O. The lowest BCUT2D eigenvalue weighted by Gasteiger charge is -2.19. The van der Waals surface area contributed by atoms with E-state index in [1.807, 2.05) is 13.8 Å². The van der Waals surface area contributed by atoms with Crippen LogP contribution in [0.25, 0.3) is 0 Å². The first-order chi connectivity index (χ1) is 8.49. The highest BCUT2D eigenvalue weighted by Crippen LogP contribution is 2.26. The van der Waals surface area contributed by atoms with Gasteiger partial charge in [0, 0.05) is 23.6 Å². The molecule has 0 aliphatic heterocycles. The van der Waals surface area contributed by atoms with Crippen LogP contribution < -0.4 is 5.32 Å². The third-order valence-corrected chi connectivity index (χ3v) is 3.16. The molecule has 18 heavy (non-hydrogen) atoms. The molecule has 1 amide bonds. The van der Waals surface area contributed by atoms with E-state index in [4.69, 9.17) is 0 Å². The van der Waals surface area contributed by atoms with Crippen molar-refractivity contribution in [2.75, 3.05) is 25.0 Å². The third kappa shape index (κ3) is 3.66. The Balaban J connectivity index is 2.72. The van der Waals surface area contributed by atoms with Gasteiger partial charge in [0.1, 0.15) is 11.6 Å². The van der Waals surface area contributed by atoms with Crippen molar-refractivity contribution in [2.24, 2.45) is 0 Å². The second-order valence-electron chi connectivity index (χ2n) is 3.66. The summed E-state index contributed by atoms with van der Waals surface area (Å²) in [6.07, 6.45) is 0. The van der Waals surface area contributed by atoms with Crippen LogP contribution in [0.1, 0.15) is 13.8 Å². The minimum Gasteiger partial charge on any atom is -0.373 e. The number of amides is 1. The first kappa shape index (κ1) is 14.9. The Morgan fingerprint density at radius 3 is 2.44 bits per heavy atom. The summed E-state index contributed by atoms with van der Waals surface area (Å²) in [4.78, 5) is 13.3. The Bertz CT molecular complexity index is 413. The lowest BCUT2D eigenvalue weighted by molar-refractivity contribution is -0.128. The summed E-state index contributed by atoms with van der Waals surface area (Å²) < 4.78 is 26.6. The molecule has 1 aromatic carbocycles. The zero-order chi connectivity index (χ0) is 13.7. The first-order valence-corrected chi connectivity index (χ1v) is 6.45. The van der Waals surface area contributed by atoms with E-state index in [2.05, 4.69) is 21.2 Å². The van der Waals surface area contributed by atoms with Crippen molar-refractivity contribution in [3.05, 3.63) is 28.2 Å². The van der Waals surface area contributed by atoms with Gasteiger partial charge in [0.25, 0.3) is 0 Å². The molecule has 0 spiro atoms. The van der Waals surface area contributed by atoms with Crippen LogP contribution in [0.15, 0.2) is 16.6 Å². The lowest BCUT2D eigenvalue weighted by Crippen LogP contribution is -2.35. The molecule has 0 saturated heterocycles. The van der Waals surface area contributed by atoms with Crippen LogP contribution >= 0.6 is 15.9 Å². The van der Waals surface area contributed by atoms with Crippen molar-refractivity contribution < 1.29 is 13.6 Å². The quantitative estimate of drug-likeness (QED) is 0.904. The Hall–Kier alpha value is -1.17. The maximum Gasteiger partial charge on any atom is 0.241 e. The lowest BCUT2D eigenvalue weighted by atomic mass is 10.3. The molecule has 1 N–H and O–H groups in total. The van der Waals surface area contributed by atoms with E-state index >= 15 is 0 Å². The number of hydrogen-bond acceptors (Lipinski definition) is 2. The first-order valence-electron chi connectivity index (χ1n) is 5.65. The largest absolute Gasteiger partial charge is 0.373 e. The maximum absolute atomic E-state index is 13.5. The van der Waals surface area contributed by atoms with Crippen LogP contribution in [0.5, 0.6) is 0 Å². The molecule has 0 bridgehead atoms. The molecule has 6 heteroatoms. The summed E-state index contributed by atoms with van der Waals surface area (Å²) in [5.74, 6) is -1.52. The number of benzene rings is 1. The van der Waals surface area contributed by atoms with Crippen LogP contribution in [0.2, 0.25) is 0 Å². The number of halogens is 3. The minimum atomic E-state index is -0.728. The fourth-order valence-corrected chi connectivity index (χ4v) is 2.11. The average Bonchev–Trinajstić information content (AvgIpc) is 2.29. The number of anilines is 1. The Morgan fingerprint density at radius 1 is 1.33 bits per heavy atom. The number of carbonyl (C=O) groups is 1. The molecular weight excluding hydrogens is 306 g/mol. The van der Waals surface area contributed by atoms with Gasteiger partial charge in [-0.15, -0.1) is 0 Å². The number of rotatable bonds is 5. The molecule has 3 nitrogen and oxygen atoms in total. The van der Waals surface area contributed by atoms with E-state index in [9.17, 15) is 13.6 Å². The predicted octanol–water partition coefficient (Wildman–Crippen LogP) is 3.01. The van der Waals surface area contributed by atoms with Gasteiger partial charge in [-0.1, -0.05) is 0 Å². The van der Waals surface area contributed by atoms with E-state index in [0.717, 1.165) is 12.1 Å². The summed E-state index contributed by atoms with van der Waals surface area (Å²) in [6.45, 7) is 4.92. The average molecular weight is 321 g/mol. The molecule has 0 saturated carbocycles. The van der Waals surface area contributed by atoms with Gasteiger partial charge in [-0.3, -0.25) is 4.79 Å². The number of carbonyl (C=O) groups excluding carboxylic acids is 1. The van der Waals surface area contributed by atoms with Gasteiger partial charge in [-0.2, -0.15) is 0 Å². The second-order valence-corrected chi connectivity index (χ2v) is 4.52. The van der Waals surface area contributed by atoms with Crippen molar-refractivity contribution in [3.63, 3.8) is 0 Å². The van der Waals surface area contributed by atoms with Crippen molar-refractivity contribution in [2.45, 2.75) is 13.8 Å². The Morgan fingerprint density at radius 2 is 1.94 bits per heavy atom. The highest BCUT2D eigenvalue weighted by Gasteiger charge is 2.13. The predicted molar refractivity (Wildman–Crippen MR) is 70.5 cm³/mol. The third-order valence-electron chi connectivity index (χ3n) is 2.54. The van der Waals surface area contributed by atoms with Gasteiger partial charge in [0.15, 0.2) is 0 Å². The topological polar surface area (TPSA) is 32.3 Å². The number of nitrogens with one attached hydrogen (secondary N) is 1. The van der Waals surface area contributed by atoms with Crippen LogP contribution in [0.3, 0.4) is 0 Å². The van der Waals surface area contributed by atoms with Gasteiger partial charge < -0.3 is 10.2 Å². The fourth-order valence-electron chi connectivity index (χ4n) is 1.56.